The van der Waals surface area contributed by atoms with Gasteiger partial charge in [0, 0.05) is 49.5 Å². The molecule has 0 saturated carbocycles. The fourth-order valence-corrected chi connectivity index (χ4v) is 4.12. The summed E-state index contributed by atoms with van der Waals surface area (Å²) in [6, 6.07) is 8.06. The summed E-state index contributed by atoms with van der Waals surface area (Å²) in [5.41, 5.74) is 0.584. The zero-order chi connectivity index (χ0) is 20.3. The monoisotopic (exact) mass is 422 g/mol. The molecule has 152 valence electrons. The highest BCUT2D eigenvalue weighted by atomic mass is 35.5. The zero-order valence-corrected chi connectivity index (χ0v) is 18.4. The third kappa shape index (κ3) is 4.58. The fraction of sp³-hybridized carbons (Fsp3) is 0.550. The fourth-order valence-electron chi connectivity index (χ4n) is 3.29. The van der Waals surface area contributed by atoms with Crippen LogP contribution in [-0.2, 0) is 11.2 Å². The SMILES string of the molecule is COc1cccc(Cc2nsc(N3CCN(C(=O)C(C)(C)CCl)C(C)C3)n2)c1. The van der Waals surface area contributed by atoms with Crippen molar-refractivity contribution in [2.24, 2.45) is 5.41 Å². The first kappa shape index (κ1) is 20.9. The van der Waals surface area contributed by atoms with Gasteiger partial charge in [-0.3, -0.25) is 4.79 Å². The Bertz CT molecular complexity index is 826. The molecule has 1 aliphatic heterocycles. The second-order valence-corrected chi connectivity index (χ2v) is 8.83. The summed E-state index contributed by atoms with van der Waals surface area (Å²) >= 11 is 7.40. The number of carbonyl (C=O) groups is 1. The Hall–Kier alpha value is -1.86. The first-order valence-electron chi connectivity index (χ1n) is 9.41. The molecule has 0 bridgehead atoms. The minimum Gasteiger partial charge on any atom is -0.497 e. The summed E-state index contributed by atoms with van der Waals surface area (Å²) in [5.74, 6) is 2.08. The second kappa shape index (κ2) is 8.66. The molecule has 2 heterocycles. The number of nitrogens with zero attached hydrogens (tertiary/aromatic N) is 4. The topological polar surface area (TPSA) is 58.6 Å². The normalized spacial score (nSPS) is 17.7. The van der Waals surface area contributed by atoms with Gasteiger partial charge in [0.1, 0.15) is 11.6 Å². The molecule has 1 aromatic heterocycles. The molecular formula is C20H27ClN4O2S. The van der Waals surface area contributed by atoms with E-state index in [9.17, 15) is 4.79 Å². The van der Waals surface area contributed by atoms with Crippen molar-refractivity contribution < 1.29 is 9.53 Å². The van der Waals surface area contributed by atoms with Crippen LogP contribution in [0.15, 0.2) is 24.3 Å². The van der Waals surface area contributed by atoms with Gasteiger partial charge in [0.05, 0.1) is 12.5 Å². The van der Waals surface area contributed by atoms with E-state index >= 15 is 0 Å². The van der Waals surface area contributed by atoms with Gasteiger partial charge in [-0.1, -0.05) is 12.1 Å². The van der Waals surface area contributed by atoms with E-state index in [2.05, 4.69) is 16.2 Å². The Morgan fingerprint density at radius 3 is 2.86 bits per heavy atom. The van der Waals surface area contributed by atoms with Crippen molar-refractivity contribution in [2.45, 2.75) is 33.2 Å². The number of benzene rings is 1. The highest BCUT2D eigenvalue weighted by Gasteiger charge is 2.36. The van der Waals surface area contributed by atoms with Crippen LogP contribution in [0.4, 0.5) is 5.13 Å². The molecular weight excluding hydrogens is 396 g/mol. The van der Waals surface area contributed by atoms with Crippen LogP contribution in [0.25, 0.3) is 0 Å². The smallest absolute Gasteiger partial charge is 0.229 e. The van der Waals surface area contributed by atoms with Crippen molar-refractivity contribution in [1.29, 1.82) is 0 Å². The highest BCUT2D eigenvalue weighted by molar-refractivity contribution is 7.09. The molecule has 1 saturated heterocycles. The lowest BCUT2D eigenvalue weighted by atomic mass is 9.93. The Labute approximate surface area is 175 Å². The quantitative estimate of drug-likeness (QED) is 0.667. The van der Waals surface area contributed by atoms with Crippen LogP contribution in [0, 0.1) is 5.41 Å². The number of halogens is 1. The molecule has 0 spiro atoms. The van der Waals surface area contributed by atoms with Crippen molar-refractivity contribution in [1.82, 2.24) is 14.3 Å². The van der Waals surface area contributed by atoms with Gasteiger partial charge >= 0.3 is 0 Å². The van der Waals surface area contributed by atoms with Crippen LogP contribution in [0.3, 0.4) is 0 Å². The van der Waals surface area contributed by atoms with E-state index in [1.165, 1.54) is 11.5 Å². The molecule has 8 heteroatoms. The minimum absolute atomic E-state index is 0.106. The number of methoxy groups -OCH3 is 1. The predicted octanol–water partition coefficient (Wildman–Crippen LogP) is 3.44. The first-order valence-corrected chi connectivity index (χ1v) is 10.7. The number of ether oxygens (including phenoxy) is 1. The van der Waals surface area contributed by atoms with Gasteiger partial charge in [-0.2, -0.15) is 4.37 Å². The number of rotatable bonds is 6. The molecule has 1 aliphatic rings. The molecule has 1 fully saturated rings. The lowest BCUT2D eigenvalue weighted by molar-refractivity contribution is -0.141. The number of aromatic nitrogens is 2. The van der Waals surface area contributed by atoms with E-state index < -0.39 is 5.41 Å². The maximum atomic E-state index is 12.8. The summed E-state index contributed by atoms with van der Waals surface area (Å²) in [4.78, 5) is 21.6. The maximum Gasteiger partial charge on any atom is 0.229 e. The van der Waals surface area contributed by atoms with Crippen LogP contribution < -0.4 is 9.64 Å². The number of hydrogen-bond acceptors (Lipinski definition) is 6. The summed E-state index contributed by atoms with van der Waals surface area (Å²) in [7, 11) is 1.66. The molecule has 0 radical (unpaired) electrons. The molecule has 1 amide bonds. The standard InChI is InChI=1S/C20H27ClN4O2S/c1-14-12-24(8-9-25(14)18(26)20(2,3)13-21)19-22-17(23-28-19)11-15-6-5-7-16(10-15)27-4/h5-7,10,14H,8-9,11-13H2,1-4H3. The van der Waals surface area contributed by atoms with E-state index in [1.54, 1.807) is 7.11 Å². The number of alkyl halides is 1. The molecule has 3 rings (SSSR count). The molecule has 1 atom stereocenters. The van der Waals surface area contributed by atoms with E-state index in [0.29, 0.717) is 18.8 Å². The highest BCUT2D eigenvalue weighted by Crippen LogP contribution is 2.27. The maximum absolute atomic E-state index is 12.8. The summed E-state index contributed by atoms with van der Waals surface area (Å²) in [5, 5.41) is 0.911. The van der Waals surface area contributed by atoms with Gasteiger partial charge in [0.25, 0.3) is 0 Å². The predicted molar refractivity (Wildman–Crippen MR) is 114 cm³/mol. The average Bonchev–Trinajstić information content (AvgIpc) is 3.16. The van der Waals surface area contributed by atoms with Crippen molar-refractivity contribution in [2.75, 3.05) is 37.5 Å². The molecule has 1 aromatic carbocycles. The third-order valence-electron chi connectivity index (χ3n) is 5.03. The van der Waals surface area contributed by atoms with Gasteiger partial charge in [-0.25, -0.2) is 4.98 Å². The molecule has 0 aliphatic carbocycles. The lowest BCUT2D eigenvalue weighted by Gasteiger charge is -2.42. The van der Waals surface area contributed by atoms with Crippen molar-refractivity contribution in [3.05, 3.63) is 35.7 Å². The van der Waals surface area contributed by atoms with Crippen LogP contribution in [0.2, 0.25) is 0 Å². The van der Waals surface area contributed by atoms with E-state index in [1.807, 2.05) is 43.0 Å². The van der Waals surface area contributed by atoms with Gasteiger partial charge in [0.2, 0.25) is 11.0 Å². The zero-order valence-electron chi connectivity index (χ0n) is 16.8. The number of carbonyl (C=O) groups excluding carboxylic acids is 1. The number of amides is 1. The summed E-state index contributed by atoms with van der Waals surface area (Å²) < 4.78 is 9.80. The van der Waals surface area contributed by atoms with Gasteiger partial charge in [0.15, 0.2) is 0 Å². The van der Waals surface area contributed by atoms with Crippen LogP contribution in [0.1, 0.15) is 32.2 Å². The third-order valence-corrected chi connectivity index (χ3v) is 6.51. The van der Waals surface area contributed by atoms with E-state index in [4.69, 9.17) is 21.3 Å². The Balaban J connectivity index is 1.64. The Kier molecular flexibility index (Phi) is 6.45. The van der Waals surface area contributed by atoms with Gasteiger partial charge < -0.3 is 14.5 Å². The summed E-state index contributed by atoms with van der Waals surface area (Å²) in [6.45, 7) is 8.05. The lowest BCUT2D eigenvalue weighted by Crippen LogP contribution is -2.57. The van der Waals surface area contributed by atoms with Crippen LogP contribution in [0.5, 0.6) is 5.75 Å². The van der Waals surface area contributed by atoms with E-state index in [0.717, 1.165) is 35.4 Å². The van der Waals surface area contributed by atoms with Crippen molar-refractivity contribution in [3.8, 4) is 5.75 Å². The number of anilines is 1. The largest absolute Gasteiger partial charge is 0.497 e. The van der Waals surface area contributed by atoms with Crippen molar-refractivity contribution in [3.63, 3.8) is 0 Å². The van der Waals surface area contributed by atoms with Crippen molar-refractivity contribution >= 4 is 34.2 Å². The average molecular weight is 423 g/mol. The van der Waals surface area contributed by atoms with Crippen LogP contribution >= 0.6 is 23.1 Å². The molecule has 1 unspecified atom stereocenters. The minimum atomic E-state index is -0.537. The first-order chi connectivity index (χ1) is 13.3. The Morgan fingerprint density at radius 1 is 1.39 bits per heavy atom. The second-order valence-electron chi connectivity index (χ2n) is 7.83. The van der Waals surface area contributed by atoms with E-state index in [-0.39, 0.29) is 11.9 Å². The van der Waals surface area contributed by atoms with Gasteiger partial charge in [-0.15, -0.1) is 11.6 Å². The molecule has 28 heavy (non-hydrogen) atoms. The number of piperazine rings is 1. The molecule has 2 aromatic rings. The van der Waals surface area contributed by atoms with Gasteiger partial charge in [-0.05, 0) is 38.5 Å². The molecule has 0 N–H and O–H groups in total. The Morgan fingerprint density at radius 2 is 2.18 bits per heavy atom. The van der Waals surface area contributed by atoms with Crippen LogP contribution in [-0.4, -0.2) is 58.8 Å². The molecule has 6 nitrogen and oxygen atoms in total. The number of hydrogen-bond donors (Lipinski definition) is 0. The summed E-state index contributed by atoms with van der Waals surface area (Å²) in [6.07, 6.45) is 0.672.